The third kappa shape index (κ3) is 4.39. The Morgan fingerprint density at radius 2 is 2.13 bits per heavy atom. The molecule has 1 fully saturated rings. The quantitative estimate of drug-likeness (QED) is 0.463. The van der Waals surface area contributed by atoms with Gasteiger partial charge in [-0.2, -0.15) is 5.26 Å². The van der Waals surface area contributed by atoms with E-state index in [4.69, 9.17) is 11.1 Å². The van der Waals surface area contributed by atoms with Crippen molar-refractivity contribution in [1.82, 2.24) is 8.87 Å². The van der Waals surface area contributed by atoms with Crippen molar-refractivity contribution >= 4 is 34.6 Å². The highest BCUT2D eigenvalue weighted by molar-refractivity contribution is 7.97. The van der Waals surface area contributed by atoms with Gasteiger partial charge in [-0.25, -0.2) is 4.31 Å². The molecule has 1 saturated heterocycles. The molecule has 1 aliphatic heterocycles. The normalized spacial score (nSPS) is 18.9. The van der Waals surface area contributed by atoms with Crippen LogP contribution >= 0.6 is 11.9 Å². The summed E-state index contributed by atoms with van der Waals surface area (Å²) in [6.45, 7) is 6.59. The van der Waals surface area contributed by atoms with Crippen LogP contribution in [-0.4, -0.2) is 27.2 Å². The lowest BCUT2D eigenvalue weighted by Gasteiger charge is -2.30. The molecule has 3 aromatic rings. The molecule has 4 rings (SSSR count). The van der Waals surface area contributed by atoms with E-state index >= 15 is 0 Å². The van der Waals surface area contributed by atoms with Crippen LogP contribution in [0.4, 0.5) is 0 Å². The summed E-state index contributed by atoms with van der Waals surface area (Å²) in [6.07, 6.45) is 6.37. The van der Waals surface area contributed by atoms with Crippen LogP contribution in [0.15, 0.2) is 65.8 Å². The monoisotopic (exact) mass is 430 g/mol. The summed E-state index contributed by atoms with van der Waals surface area (Å²) in [4.78, 5) is 1.12. The number of hydrogen-bond donors (Lipinski definition) is 2. The van der Waals surface area contributed by atoms with Crippen molar-refractivity contribution in [2.24, 2.45) is 11.7 Å². The summed E-state index contributed by atoms with van der Waals surface area (Å²) in [5, 5.41) is 16.1. The molecule has 1 unspecified atom stereocenters. The average molecular weight is 431 g/mol. The fourth-order valence-corrected chi connectivity index (χ4v) is 5.63. The van der Waals surface area contributed by atoms with Crippen molar-refractivity contribution in [2.45, 2.75) is 37.2 Å². The molecule has 2 aromatic carbocycles. The third-order valence-electron chi connectivity index (χ3n) is 5.98. The first kappa shape index (κ1) is 21.2. The van der Waals surface area contributed by atoms with E-state index in [9.17, 15) is 5.26 Å². The van der Waals surface area contributed by atoms with Crippen LogP contribution in [0.5, 0.6) is 0 Å². The second kappa shape index (κ2) is 8.62. The van der Waals surface area contributed by atoms with E-state index in [-0.39, 0.29) is 5.54 Å². The van der Waals surface area contributed by atoms with E-state index in [1.54, 1.807) is 11.9 Å². The number of nitrogens with two attached hydrogens (primary N) is 2. The number of nitriles is 1. The Labute approximate surface area is 187 Å². The van der Waals surface area contributed by atoms with Crippen molar-refractivity contribution in [3.8, 4) is 6.07 Å². The summed E-state index contributed by atoms with van der Waals surface area (Å²) in [5.41, 5.74) is 9.56. The largest absolute Gasteiger partial charge is 0.404 e. The fraction of sp³-hybridized carbons (Fsp3) is 0.280. The lowest BCUT2D eigenvalue weighted by atomic mass is 9.97. The van der Waals surface area contributed by atoms with Gasteiger partial charge in [0.05, 0.1) is 17.2 Å². The number of benzene rings is 2. The van der Waals surface area contributed by atoms with Crippen molar-refractivity contribution < 1.29 is 5.41 Å². The molecule has 1 aliphatic rings. The second-order valence-corrected chi connectivity index (χ2v) is 9.80. The maximum absolute atomic E-state index is 9.18. The molecule has 0 saturated carbocycles. The Morgan fingerprint density at radius 1 is 1.29 bits per heavy atom. The minimum atomic E-state index is 0.0892. The number of aromatic nitrogens is 1. The zero-order chi connectivity index (χ0) is 22.0. The summed E-state index contributed by atoms with van der Waals surface area (Å²) in [5.74, 6) is 0.550. The lowest BCUT2D eigenvalue weighted by Crippen LogP contribution is -2.32. The fourth-order valence-electron chi connectivity index (χ4n) is 4.45. The zero-order valence-electron chi connectivity index (χ0n) is 18.0. The van der Waals surface area contributed by atoms with E-state index in [2.05, 4.69) is 65.3 Å². The van der Waals surface area contributed by atoms with E-state index < -0.39 is 0 Å². The van der Waals surface area contributed by atoms with E-state index in [0.717, 1.165) is 35.5 Å². The highest BCUT2D eigenvalue weighted by atomic mass is 32.2. The maximum Gasteiger partial charge on any atom is 0.169 e. The Kier molecular flexibility index (Phi) is 5.90. The maximum atomic E-state index is 9.18. The topological polar surface area (TPSA) is 83.6 Å². The minimum Gasteiger partial charge on any atom is -0.404 e. The molecule has 1 aromatic heterocycles. The van der Waals surface area contributed by atoms with Crippen LogP contribution in [0.25, 0.3) is 16.5 Å². The summed E-state index contributed by atoms with van der Waals surface area (Å²) in [7, 11) is 0. The number of nitrogens with zero attached hydrogens (tertiary/aromatic N) is 3. The number of allylic oxidation sites excluding steroid dienone is 1. The smallest absolute Gasteiger partial charge is 0.169 e. The van der Waals surface area contributed by atoms with Crippen LogP contribution in [-0.2, 0) is 6.54 Å². The zero-order valence-corrected chi connectivity index (χ0v) is 18.8. The molecule has 0 amide bonds. The minimum absolute atomic E-state index is 0.0892. The summed E-state index contributed by atoms with van der Waals surface area (Å²) >= 11 is 1.76. The van der Waals surface area contributed by atoms with Gasteiger partial charge in [-0.15, -0.1) is 0 Å². The number of hydrogen-bond acceptors (Lipinski definition) is 4. The molecule has 2 heterocycles. The Balaban J connectivity index is 1.50. The first-order valence-corrected chi connectivity index (χ1v) is 11.2. The molecule has 158 valence electrons. The molecule has 4 N–H and O–H groups in total. The molecule has 31 heavy (non-hydrogen) atoms. The van der Waals surface area contributed by atoms with Crippen LogP contribution in [0.1, 0.15) is 31.4 Å². The molecule has 0 spiro atoms. The van der Waals surface area contributed by atoms with E-state index in [1.165, 1.54) is 23.3 Å². The van der Waals surface area contributed by atoms with Crippen LogP contribution in [0, 0.1) is 17.2 Å². The van der Waals surface area contributed by atoms with E-state index in [1.807, 2.05) is 18.2 Å². The van der Waals surface area contributed by atoms with Crippen LogP contribution < -0.4 is 11.1 Å². The highest BCUT2D eigenvalue weighted by Gasteiger charge is 2.39. The molecule has 0 aliphatic carbocycles. The van der Waals surface area contributed by atoms with Gasteiger partial charge in [-0.05, 0) is 80.1 Å². The van der Waals surface area contributed by atoms with Gasteiger partial charge >= 0.3 is 0 Å². The third-order valence-corrected chi connectivity index (χ3v) is 7.31. The lowest BCUT2D eigenvalue weighted by molar-refractivity contribution is -0.103. The van der Waals surface area contributed by atoms with E-state index in [0.29, 0.717) is 11.5 Å². The standard InChI is InChI=1S/C25H27N5S/c1-25(2)12-19(17-30(25)31-23-5-3-4-18(10-23)13-26)16-29-9-8-21-11-20(6-7-24(21)29)22(14-27)15-28/h3-11,14-15,19,27H,12,16-17,28H2,1-2H3/p+1/b22-15+,27-14?. The first-order chi connectivity index (χ1) is 14.9. The van der Waals surface area contributed by atoms with Gasteiger partial charge in [-0.3, -0.25) is 5.41 Å². The Bertz CT molecular complexity index is 1180. The molecular formula is C25H28N5S+. The number of rotatable bonds is 6. The van der Waals surface area contributed by atoms with Crippen molar-refractivity contribution in [3.05, 3.63) is 72.1 Å². The Hall–Kier alpha value is -3.01. The van der Waals surface area contributed by atoms with Crippen LogP contribution in [0.2, 0.25) is 0 Å². The van der Waals surface area contributed by atoms with Crippen molar-refractivity contribution in [1.29, 1.82) is 5.26 Å². The van der Waals surface area contributed by atoms with Gasteiger partial charge in [0, 0.05) is 46.8 Å². The first-order valence-electron chi connectivity index (χ1n) is 10.5. The van der Waals surface area contributed by atoms with Crippen LogP contribution in [0.3, 0.4) is 0 Å². The summed E-state index contributed by atoms with van der Waals surface area (Å²) < 4.78 is 4.82. The predicted octanol–water partition coefficient (Wildman–Crippen LogP) is 3.45. The molecule has 6 heteroatoms. The van der Waals surface area contributed by atoms with Gasteiger partial charge in [0.15, 0.2) is 6.21 Å². The van der Waals surface area contributed by atoms with Crippen molar-refractivity contribution in [2.75, 3.05) is 6.54 Å². The van der Waals surface area contributed by atoms with Gasteiger partial charge in [0.25, 0.3) is 0 Å². The molecule has 0 radical (unpaired) electrons. The van der Waals surface area contributed by atoms with Gasteiger partial charge in [0.1, 0.15) is 0 Å². The van der Waals surface area contributed by atoms with Crippen molar-refractivity contribution in [3.63, 3.8) is 0 Å². The van der Waals surface area contributed by atoms with Gasteiger partial charge in [0.2, 0.25) is 0 Å². The molecule has 1 atom stereocenters. The van der Waals surface area contributed by atoms with Gasteiger partial charge in [-0.1, -0.05) is 12.1 Å². The molecular weight excluding hydrogens is 402 g/mol. The SMILES string of the molecule is CC1(C)CC(Cn2ccc3cc(/C(C=[NH2+])=C/N)ccc32)CN1Sc1cccc(C#N)c1. The summed E-state index contributed by atoms with van der Waals surface area (Å²) in [6, 6.07) is 18.6. The highest BCUT2D eigenvalue weighted by Crippen LogP contribution is 2.41. The predicted molar refractivity (Wildman–Crippen MR) is 128 cm³/mol. The molecule has 0 bridgehead atoms. The second-order valence-electron chi connectivity index (χ2n) is 8.70. The Morgan fingerprint density at radius 3 is 2.87 bits per heavy atom. The van der Waals surface area contributed by atoms with Gasteiger partial charge < -0.3 is 10.3 Å². The average Bonchev–Trinajstić information content (AvgIpc) is 3.28. The molecule has 5 nitrogen and oxygen atoms in total. The number of fused-ring (bicyclic) bond motifs is 1.